The molecule has 3 atom stereocenters. The normalized spacial score (nSPS) is 18.0. The number of piperazine rings is 1. The predicted molar refractivity (Wildman–Crippen MR) is 247 cm³/mol. The summed E-state index contributed by atoms with van der Waals surface area (Å²) in [6, 6.07) is 37.7. The van der Waals surface area contributed by atoms with Gasteiger partial charge in [0.25, 0.3) is 21.6 Å². The van der Waals surface area contributed by atoms with Gasteiger partial charge in [-0.1, -0.05) is 72.6 Å². The van der Waals surface area contributed by atoms with Gasteiger partial charge in [-0.15, -0.1) is 11.8 Å². The molecule has 2 heterocycles. The molecule has 5 aromatic rings. The van der Waals surface area contributed by atoms with Crippen molar-refractivity contribution in [3.8, 4) is 11.1 Å². The summed E-state index contributed by atoms with van der Waals surface area (Å²) in [7, 11) is -4.44. The van der Waals surface area contributed by atoms with Gasteiger partial charge >= 0.3 is 0 Å². The number of benzene rings is 5. The fourth-order valence-electron chi connectivity index (χ4n) is 8.34. The molecule has 7 rings (SSSR count). The van der Waals surface area contributed by atoms with Crippen molar-refractivity contribution in [2.24, 2.45) is 0 Å². The first-order valence-corrected chi connectivity index (χ1v) is 23.7. The first kappa shape index (κ1) is 44.1. The maximum atomic E-state index is 13.5. The fourth-order valence-corrected chi connectivity index (χ4v) is 10.5. The second-order valence-corrected chi connectivity index (χ2v) is 19.2. The molecule has 2 fully saturated rings. The number of amides is 1. The van der Waals surface area contributed by atoms with Gasteiger partial charge in [-0.05, 0) is 110 Å². The molecule has 2 aliphatic heterocycles. The van der Waals surface area contributed by atoms with Crippen LogP contribution in [0.2, 0.25) is 5.02 Å². The van der Waals surface area contributed by atoms with Crippen LogP contribution in [0.1, 0.15) is 55.5 Å². The van der Waals surface area contributed by atoms with E-state index in [1.165, 1.54) is 29.7 Å². The molecule has 0 unspecified atom stereocenters. The summed E-state index contributed by atoms with van der Waals surface area (Å²) in [6.45, 7) is 9.43. The van der Waals surface area contributed by atoms with E-state index in [1.807, 2.05) is 72.8 Å². The number of likely N-dealkylation sites (tertiary alicyclic amines) is 1. The molecular weight excluding hydrogens is 828 g/mol. The van der Waals surface area contributed by atoms with Gasteiger partial charge in [0.15, 0.2) is 0 Å². The zero-order valence-electron chi connectivity index (χ0n) is 34.6. The Hall–Kier alpha value is -4.92. The van der Waals surface area contributed by atoms with Crippen LogP contribution in [0.3, 0.4) is 0 Å². The van der Waals surface area contributed by atoms with Crippen LogP contribution >= 0.6 is 23.4 Å². The minimum absolute atomic E-state index is 0.137. The third-order valence-corrected chi connectivity index (χ3v) is 14.6. The molecule has 0 radical (unpaired) electrons. The third-order valence-electron chi connectivity index (χ3n) is 11.8. The Morgan fingerprint density at radius 3 is 2.23 bits per heavy atom. The van der Waals surface area contributed by atoms with Crippen molar-refractivity contribution >= 4 is 56.4 Å². The number of nitro groups is 1. The average molecular weight is 882 g/mol. The molecule has 61 heavy (non-hydrogen) atoms. The predicted octanol–water partition coefficient (Wildman–Crippen LogP) is 9.58. The van der Waals surface area contributed by atoms with Crippen LogP contribution in [0.5, 0.6) is 0 Å². The van der Waals surface area contributed by atoms with E-state index >= 15 is 0 Å². The van der Waals surface area contributed by atoms with Gasteiger partial charge in [-0.25, -0.2) is 13.1 Å². The number of hydrogen-bond acceptors (Lipinski definition) is 10. The van der Waals surface area contributed by atoms with Gasteiger partial charge < -0.3 is 10.2 Å². The van der Waals surface area contributed by atoms with Gasteiger partial charge in [0, 0.05) is 90.4 Å². The Morgan fingerprint density at radius 2 is 1.54 bits per heavy atom. The van der Waals surface area contributed by atoms with Crippen molar-refractivity contribution < 1.29 is 18.1 Å². The van der Waals surface area contributed by atoms with E-state index in [1.54, 1.807) is 23.9 Å². The van der Waals surface area contributed by atoms with Crippen LogP contribution in [0.25, 0.3) is 11.1 Å². The molecular formula is C47H53ClN6O5S2. The molecule has 2 aliphatic rings. The number of piperidine rings is 1. The molecule has 11 nitrogen and oxygen atoms in total. The summed E-state index contributed by atoms with van der Waals surface area (Å²) in [5.41, 5.74) is 4.51. The monoisotopic (exact) mass is 880 g/mol. The van der Waals surface area contributed by atoms with Crippen molar-refractivity contribution in [3.63, 3.8) is 0 Å². The van der Waals surface area contributed by atoms with Crippen LogP contribution in [0.15, 0.2) is 131 Å². The van der Waals surface area contributed by atoms with Gasteiger partial charge in [0.1, 0.15) is 5.69 Å². The minimum Gasteiger partial charge on any atom is -0.376 e. The smallest absolute Gasteiger partial charge is 0.293 e. The lowest BCUT2D eigenvalue weighted by molar-refractivity contribution is -0.384. The molecule has 0 spiro atoms. The molecule has 0 aromatic heterocycles. The third kappa shape index (κ3) is 11.5. The summed E-state index contributed by atoms with van der Waals surface area (Å²) in [5.74, 6) is -0.163. The number of nitrogens with zero attached hydrogens (tertiary/aromatic N) is 4. The topological polar surface area (TPSA) is 128 Å². The van der Waals surface area contributed by atoms with E-state index in [0.29, 0.717) is 22.9 Å². The van der Waals surface area contributed by atoms with Crippen molar-refractivity contribution in [2.75, 3.05) is 48.7 Å². The van der Waals surface area contributed by atoms with E-state index in [4.69, 9.17) is 11.6 Å². The number of sulfonamides is 1. The van der Waals surface area contributed by atoms with Crippen LogP contribution < -0.4 is 14.9 Å². The van der Waals surface area contributed by atoms with E-state index in [9.17, 15) is 23.3 Å². The number of carbonyl (C=O) groups is 1. The standard InChI is InChI=1S/C47H53ClN6O5S2/c1-34-9-8-10-35(2)53(34)26-25-40(33-60-42-12-4-3-5-13-42)49-45-24-23-43(31-46(45)54(56)57)61(58,59)50-47(55)37-17-21-41(22-18-37)52-29-27-51(28-30-52)32-38-11-6-7-14-44(38)36-15-19-39(48)20-16-36/h3-7,11-24,31,34-35,40,49H,8-10,25-30,32-33H2,1-2H3,(H,50,55)/t34-,35+,40-/m1/s1. The van der Waals surface area contributed by atoms with Crippen molar-refractivity contribution in [1.29, 1.82) is 0 Å². The minimum atomic E-state index is -4.44. The molecule has 320 valence electrons. The zero-order valence-corrected chi connectivity index (χ0v) is 37.0. The first-order chi connectivity index (χ1) is 29.4. The number of rotatable bonds is 16. The number of carbonyl (C=O) groups excluding carboxylic acids is 1. The van der Waals surface area contributed by atoms with Crippen molar-refractivity contribution in [1.82, 2.24) is 14.5 Å². The van der Waals surface area contributed by atoms with Gasteiger partial charge in [0.2, 0.25) is 0 Å². The molecule has 14 heteroatoms. The number of anilines is 2. The second kappa shape index (κ2) is 20.3. The molecule has 2 N–H and O–H groups in total. The Balaban J connectivity index is 0.968. The molecule has 0 aliphatic carbocycles. The molecule has 5 aromatic carbocycles. The lowest BCUT2D eigenvalue weighted by atomic mass is 9.97. The largest absolute Gasteiger partial charge is 0.376 e. The van der Waals surface area contributed by atoms with E-state index in [0.717, 1.165) is 80.7 Å². The van der Waals surface area contributed by atoms with E-state index in [2.05, 4.69) is 56.8 Å². The first-order valence-electron chi connectivity index (χ1n) is 20.9. The van der Waals surface area contributed by atoms with Gasteiger partial charge in [-0.2, -0.15) is 0 Å². The SMILES string of the molecule is C[C@@H]1CCC[C@H](C)N1CC[C@H](CSc1ccccc1)Nc1ccc(S(=O)(=O)NC(=O)c2ccc(N3CCN(Cc4ccccc4-c4ccc(Cl)cc4)CC3)cc2)cc1[N+](=O)[O-]. The summed E-state index contributed by atoms with van der Waals surface area (Å²) in [4.78, 5) is 33.0. The Bertz CT molecular complexity index is 2370. The second-order valence-electron chi connectivity index (χ2n) is 16.0. The number of thioether (sulfide) groups is 1. The lowest BCUT2D eigenvalue weighted by Gasteiger charge is -2.39. The Kier molecular flexibility index (Phi) is 14.7. The van der Waals surface area contributed by atoms with Crippen LogP contribution in [0, 0.1) is 10.1 Å². The maximum absolute atomic E-state index is 13.5. The lowest BCUT2D eigenvalue weighted by Crippen LogP contribution is -2.46. The molecule has 0 saturated carbocycles. The maximum Gasteiger partial charge on any atom is 0.293 e. The van der Waals surface area contributed by atoms with Crippen molar-refractivity contribution in [3.05, 3.63) is 148 Å². The summed E-state index contributed by atoms with van der Waals surface area (Å²) >= 11 is 7.80. The Labute approximate surface area is 368 Å². The van der Waals surface area contributed by atoms with Crippen LogP contribution in [-0.2, 0) is 16.6 Å². The summed E-state index contributed by atoms with van der Waals surface area (Å²) in [5, 5.41) is 16.5. The number of halogens is 1. The van der Waals surface area contributed by atoms with Crippen molar-refractivity contribution in [2.45, 2.75) is 74.0 Å². The number of hydrogen-bond donors (Lipinski definition) is 2. The van der Waals surface area contributed by atoms with Gasteiger partial charge in [0.05, 0.1) is 9.82 Å². The highest BCUT2D eigenvalue weighted by Crippen LogP contribution is 2.32. The van der Waals surface area contributed by atoms with Gasteiger partial charge in [-0.3, -0.25) is 24.7 Å². The van der Waals surface area contributed by atoms with Crippen LogP contribution in [-0.4, -0.2) is 85.7 Å². The average Bonchev–Trinajstić information content (AvgIpc) is 3.26. The highest BCUT2D eigenvalue weighted by Gasteiger charge is 2.28. The van der Waals surface area contributed by atoms with E-state index < -0.39 is 20.9 Å². The van der Waals surface area contributed by atoms with Crippen LogP contribution in [0.4, 0.5) is 17.1 Å². The molecule has 2 saturated heterocycles. The quantitative estimate of drug-likeness (QED) is 0.0562. The number of nitrogens with one attached hydrogen (secondary N) is 2. The Morgan fingerprint density at radius 1 is 0.869 bits per heavy atom. The van der Waals surface area contributed by atoms with E-state index in [-0.39, 0.29) is 27.9 Å². The molecule has 1 amide bonds. The fraction of sp³-hybridized carbons (Fsp3) is 0.340. The highest BCUT2D eigenvalue weighted by atomic mass is 35.5. The summed E-state index contributed by atoms with van der Waals surface area (Å²) in [6.07, 6.45) is 4.25. The highest BCUT2D eigenvalue weighted by molar-refractivity contribution is 7.99. The summed E-state index contributed by atoms with van der Waals surface area (Å²) < 4.78 is 29.1. The number of nitro benzene ring substituents is 1. The molecule has 0 bridgehead atoms. The zero-order chi connectivity index (χ0) is 42.9.